The van der Waals surface area contributed by atoms with Crippen molar-refractivity contribution in [1.29, 1.82) is 0 Å². The maximum Gasteiger partial charge on any atom is 0.0609 e. The van der Waals surface area contributed by atoms with Gasteiger partial charge in [-0.25, -0.2) is 0 Å². The first-order valence-corrected chi connectivity index (χ1v) is 8.02. The molecule has 2 N–H and O–H groups in total. The molecule has 0 aromatic heterocycles. The Balaban J connectivity index is 2.71. The Bertz CT molecular complexity index is 417. The molecule has 0 aliphatic rings. The van der Waals surface area contributed by atoms with Crippen LogP contribution in [0.25, 0.3) is 0 Å². The van der Waals surface area contributed by atoms with Crippen molar-refractivity contribution in [3.8, 4) is 0 Å². The lowest BCUT2D eigenvalue weighted by atomic mass is 9.99. The molecule has 3 nitrogen and oxygen atoms in total. The molecule has 1 aromatic carbocycles. The maximum atomic E-state index is 9.47. The number of likely N-dealkylation sites (N-methyl/N-ethyl adjacent to an activating group) is 1. The summed E-state index contributed by atoms with van der Waals surface area (Å²) >= 11 is 0. The molecule has 1 rings (SSSR count). The van der Waals surface area contributed by atoms with Gasteiger partial charge >= 0.3 is 0 Å². The molecule has 1 unspecified atom stereocenters. The van der Waals surface area contributed by atoms with Crippen LogP contribution < -0.4 is 5.32 Å². The second-order valence-corrected chi connectivity index (χ2v) is 6.60. The van der Waals surface area contributed by atoms with Crippen LogP contribution in [0, 0.1) is 6.92 Å². The fourth-order valence-electron chi connectivity index (χ4n) is 2.34. The topological polar surface area (TPSA) is 35.5 Å². The molecule has 0 amide bonds. The summed E-state index contributed by atoms with van der Waals surface area (Å²) in [5, 5.41) is 13.1. The molecule has 3 heteroatoms. The Morgan fingerprint density at radius 2 is 2.05 bits per heavy atom. The standard InChI is InChI=1S/C18H32N2O/c1-6-11-19-17(16-9-7-8-15(2)13-16)10-12-20(5)18(3,4)14-21/h7-9,13,17,19,21H,6,10-12,14H2,1-5H3. The third kappa shape index (κ3) is 5.77. The van der Waals surface area contributed by atoms with E-state index in [0.29, 0.717) is 6.04 Å². The summed E-state index contributed by atoms with van der Waals surface area (Å²) < 4.78 is 0. The Morgan fingerprint density at radius 1 is 1.33 bits per heavy atom. The van der Waals surface area contributed by atoms with Gasteiger partial charge in [0.05, 0.1) is 6.61 Å². The van der Waals surface area contributed by atoms with E-state index in [4.69, 9.17) is 0 Å². The molecule has 0 bridgehead atoms. The summed E-state index contributed by atoms with van der Waals surface area (Å²) in [7, 11) is 2.09. The van der Waals surface area contributed by atoms with E-state index in [1.807, 2.05) is 0 Å². The van der Waals surface area contributed by atoms with Gasteiger partial charge in [-0.2, -0.15) is 0 Å². The van der Waals surface area contributed by atoms with Crippen LogP contribution in [-0.2, 0) is 0 Å². The van der Waals surface area contributed by atoms with E-state index in [1.165, 1.54) is 11.1 Å². The van der Waals surface area contributed by atoms with Crippen molar-refractivity contribution in [2.24, 2.45) is 0 Å². The van der Waals surface area contributed by atoms with Crippen LogP contribution in [0.5, 0.6) is 0 Å². The lowest BCUT2D eigenvalue weighted by molar-refractivity contribution is 0.0757. The highest BCUT2D eigenvalue weighted by Gasteiger charge is 2.23. The molecule has 1 atom stereocenters. The minimum Gasteiger partial charge on any atom is -0.394 e. The van der Waals surface area contributed by atoms with E-state index in [0.717, 1.165) is 25.9 Å². The van der Waals surface area contributed by atoms with Crippen LogP contribution in [-0.4, -0.2) is 42.3 Å². The summed E-state index contributed by atoms with van der Waals surface area (Å²) in [6.45, 7) is 10.7. The number of aliphatic hydroxyl groups is 1. The molecule has 0 heterocycles. The number of nitrogens with one attached hydrogen (secondary N) is 1. The summed E-state index contributed by atoms with van der Waals surface area (Å²) in [4.78, 5) is 2.24. The number of rotatable bonds is 9. The van der Waals surface area contributed by atoms with Gasteiger partial charge in [0.1, 0.15) is 0 Å². The minimum atomic E-state index is -0.165. The smallest absolute Gasteiger partial charge is 0.0609 e. The van der Waals surface area contributed by atoms with Crippen molar-refractivity contribution in [1.82, 2.24) is 10.2 Å². The average Bonchev–Trinajstić information content (AvgIpc) is 2.47. The third-order valence-electron chi connectivity index (χ3n) is 4.26. The van der Waals surface area contributed by atoms with Gasteiger partial charge in [0.2, 0.25) is 0 Å². The van der Waals surface area contributed by atoms with Gasteiger partial charge < -0.3 is 10.4 Å². The number of hydrogen-bond donors (Lipinski definition) is 2. The molecule has 0 aliphatic carbocycles. The van der Waals surface area contributed by atoms with Crippen LogP contribution in [0.1, 0.15) is 50.8 Å². The van der Waals surface area contributed by atoms with Crippen LogP contribution in [0.2, 0.25) is 0 Å². The molecule has 0 fully saturated rings. The molecular weight excluding hydrogens is 260 g/mol. The molecule has 0 radical (unpaired) electrons. The zero-order valence-electron chi connectivity index (χ0n) is 14.3. The molecular formula is C18H32N2O. The zero-order valence-corrected chi connectivity index (χ0v) is 14.3. The van der Waals surface area contributed by atoms with E-state index in [2.05, 4.69) is 69.2 Å². The van der Waals surface area contributed by atoms with Crippen LogP contribution in [0.4, 0.5) is 0 Å². The molecule has 0 saturated heterocycles. The normalized spacial score (nSPS) is 13.7. The second-order valence-electron chi connectivity index (χ2n) is 6.60. The van der Waals surface area contributed by atoms with E-state index in [1.54, 1.807) is 0 Å². The van der Waals surface area contributed by atoms with Gasteiger partial charge in [0.25, 0.3) is 0 Å². The van der Waals surface area contributed by atoms with Gasteiger partial charge in [0.15, 0.2) is 0 Å². The predicted molar refractivity (Wildman–Crippen MR) is 90.6 cm³/mol. The summed E-state index contributed by atoms with van der Waals surface area (Å²) in [6, 6.07) is 9.12. The van der Waals surface area contributed by atoms with Crippen molar-refractivity contribution in [2.45, 2.75) is 52.1 Å². The van der Waals surface area contributed by atoms with Crippen LogP contribution >= 0.6 is 0 Å². The van der Waals surface area contributed by atoms with E-state index >= 15 is 0 Å². The van der Waals surface area contributed by atoms with Crippen molar-refractivity contribution < 1.29 is 5.11 Å². The lowest BCUT2D eigenvalue weighted by Gasteiger charge is -2.35. The largest absolute Gasteiger partial charge is 0.394 e. The van der Waals surface area contributed by atoms with Gasteiger partial charge in [-0.05, 0) is 52.8 Å². The Kier molecular flexibility index (Phi) is 7.36. The molecule has 21 heavy (non-hydrogen) atoms. The van der Waals surface area contributed by atoms with Gasteiger partial charge in [0, 0.05) is 18.1 Å². The highest BCUT2D eigenvalue weighted by molar-refractivity contribution is 5.25. The molecule has 0 saturated carbocycles. The quantitative estimate of drug-likeness (QED) is 0.734. The van der Waals surface area contributed by atoms with Crippen molar-refractivity contribution in [2.75, 3.05) is 26.7 Å². The van der Waals surface area contributed by atoms with Gasteiger partial charge in [-0.3, -0.25) is 4.90 Å². The summed E-state index contributed by atoms with van der Waals surface area (Å²) in [6.07, 6.45) is 2.18. The minimum absolute atomic E-state index is 0.165. The fourth-order valence-corrected chi connectivity index (χ4v) is 2.34. The lowest BCUT2D eigenvalue weighted by Crippen LogP contribution is -2.45. The SMILES string of the molecule is CCCNC(CCN(C)C(C)(C)CO)c1cccc(C)c1. The number of aryl methyl sites for hydroxylation is 1. The van der Waals surface area contributed by atoms with Crippen molar-refractivity contribution in [3.63, 3.8) is 0 Å². The fraction of sp³-hybridized carbons (Fsp3) is 0.667. The summed E-state index contributed by atoms with van der Waals surface area (Å²) in [5.74, 6) is 0. The Hall–Kier alpha value is -0.900. The zero-order chi connectivity index (χ0) is 15.9. The number of nitrogens with zero attached hydrogens (tertiary/aromatic N) is 1. The van der Waals surface area contributed by atoms with E-state index in [9.17, 15) is 5.11 Å². The first kappa shape index (κ1) is 18.1. The number of aliphatic hydroxyl groups excluding tert-OH is 1. The van der Waals surface area contributed by atoms with Gasteiger partial charge in [-0.15, -0.1) is 0 Å². The maximum absolute atomic E-state index is 9.47. The van der Waals surface area contributed by atoms with Crippen molar-refractivity contribution in [3.05, 3.63) is 35.4 Å². The average molecular weight is 292 g/mol. The first-order valence-electron chi connectivity index (χ1n) is 8.02. The highest BCUT2D eigenvalue weighted by Crippen LogP contribution is 2.20. The van der Waals surface area contributed by atoms with Crippen LogP contribution in [0.15, 0.2) is 24.3 Å². The Labute approximate surface area is 130 Å². The molecule has 0 spiro atoms. The third-order valence-corrected chi connectivity index (χ3v) is 4.26. The molecule has 0 aliphatic heterocycles. The van der Waals surface area contributed by atoms with Crippen LogP contribution in [0.3, 0.4) is 0 Å². The molecule has 120 valence electrons. The van der Waals surface area contributed by atoms with E-state index < -0.39 is 0 Å². The van der Waals surface area contributed by atoms with Crippen molar-refractivity contribution >= 4 is 0 Å². The van der Waals surface area contributed by atoms with Gasteiger partial charge in [-0.1, -0.05) is 36.8 Å². The molecule has 1 aromatic rings. The number of hydrogen-bond acceptors (Lipinski definition) is 3. The second kappa shape index (κ2) is 8.52. The first-order chi connectivity index (χ1) is 9.90. The van der Waals surface area contributed by atoms with E-state index in [-0.39, 0.29) is 12.1 Å². The monoisotopic (exact) mass is 292 g/mol. The summed E-state index contributed by atoms with van der Waals surface area (Å²) in [5.41, 5.74) is 2.50. The Morgan fingerprint density at radius 3 is 2.62 bits per heavy atom. The highest BCUT2D eigenvalue weighted by atomic mass is 16.3. The number of benzene rings is 1. The predicted octanol–water partition coefficient (Wildman–Crippen LogP) is 3.13.